The van der Waals surface area contributed by atoms with Gasteiger partial charge in [-0.15, -0.1) is 0 Å². The van der Waals surface area contributed by atoms with Gasteiger partial charge in [0.1, 0.15) is 11.7 Å². The first-order valence-corrected chi connectivity index (χ1v) is 12.2. The van der Waals surface area contributed by atoms with Crippen molar-refractivity contribution in [1.29, 1.82) is 5.41 Å². The Balaban J connectivity index is 1.69. The molecule has 1 aromatic rings. The van der Waals surface area contributed by atoms with Crippen LogP contribution in [-0.2, 0) is 4.79 Å². The van der Waals surface area contributed by atoms with E-state index in [-0.39, 0.29) is 17.8 Å². The summed E-state index contributed by atoms with van der Waals surface area (Å²) in [5, 5.41) is 15.4. The van der Waals surface area contributed by atoms with Crippen LogP contribution in [0, 0.1) is 17.1 Å². The van der Waals surface area contributed by atoms with Crippen LogP contribution in [0.1, 0.15) is 45.1 Å². The van der Waals surface area contributed by atoms with Crippen LogP contribution in [0.5, 0.6) is 0 Å². The Bertz CT molecular complexity index is 879. The normalized spacial score (nSPS) is 20.2. The smallest absolute Gasteiger partial charge is 0.231 e. The number of amides is 1. The van der Waals surface area contributed by atoms with E-state index < -0.39 is 5.92 Å². The molecule has 1 unspecified atom stereocenters. The quantitative estimate of drug-likeness (QED) is 0.388. The van der Waals surface area contributed by atoms with Crippen molar-refractivity contribution < 1.29 is 9.18 Å². The van der Waals surface area contributed by atoms with Crippen molar-refractivity contribution in [2.45, 2.75) is 45.6 Å². The first-order valence-electron chi connectivity index (χ1n) is 11.4. The number of carbonyl (C=O) groups is 1. The number of hydrogen-bond acceptors (Lipinski definition) is 4. The van der Waals surface area contributed by atoms with Gasteiger partial charge in [-0.2, -0.15) is 0 Å². The number of hydrogen-bond donors (Lipinski definition) is 3. The van der Waals surface area contributed by atoms with Crippen LogP contribution in [0.15, 0.2) is 33.9 Å². The minimum Gasteiger partial charge on any atom is -0.391 e. The topological polar surface area (TPSA) is 71.5 Å². The van der Waals surface area contributed by atoms with Crippen molar-refractivity contribution in [3.05, 3.63) is 45.3 Å². The molecule has 3 N–H and O–H groups in total. The lowest BCUT2D eigenvalue weighted by Crippen LogP contribution is -2.53. The largest absolute Gasteiger partial charge is 0.391 e. The molecular formula is C24H35BrFN5O. The van der Waals surface area contributed by atoms with Gasteiger partial charge in [-0.1, -0.05) is 26.8 Å². The third-order valence-corrected chi connectivity index (χ3v) is 7.13. The molecule has 176 valence electrons. The average molecular weight is 508 g/mol. The fourth-order valence-corrected chi connectivity index (χ4v) is 4.79. The molecule has 0 aromatic heterocycles. The van der Waals surface area contributed by atoms with E-state index in [1.54, 1.807) is 6.07 Å². The molecule has 3 rings (SSSR count). The summed E-state index contributed by atoms with van der Waals surface area (Å²) in [5.41, 5.74) is 2.96. The summed E-state index contributed by atoms with van der Waals surface area (Å²) in [6.45, 7) is 9.11. The molecule has 1 aliphatic heterocycles. The maximum Gasteiger partial charge on any atom is 0.231 e. The van der Waals surface area contributed by atoms with Crippen molar-refractivity contribution in [2.75, 3.05) is 39.8 Å². The van der Waals surface area contributed by atoms with Crippen LogP contribution in [-0.4, -0.2) is 67.4 Å². The van der Waals surface area contributed by atoms with E-state index >= 15 is 0 Å². The number of benzene rings is 1. The Morgan fingerprint density at radius 3 is 2.50 bits per heavy atom. The van der Waals surface area contributed by atoms with E-state index in [0.29, 0.717) is 54.5 Å². The molecule has 0 bridgehead atoms. The maximum atomic E-state index is 14.2. The lowest BCUT2D eigenvalue weighted by atomic mass is 9.96. The van der Waals surface area contributed by atoms with Gasteiger partial charge in [0.15, 0.2) is 0 Å². The van der Waals surface area contributed by atoms with Crippen molar-refractivity contribution in [3.63, 3.8) is 0 Å². The zero-order valence-electron chi connectivity index (χ0n) is 19.5. The van der Waals surface area contributed by atoms with Crippen LogP contribution >= 0.6 is 15.9 Å². The van der Waals surface area contributed by atoms with Crippen molar-refractivity contribution in [3.8, 4) is 0 Å². The number of nitrogens with one attached hydrogen (secondary N) is 3. The molecule has 0 spiro atoms. The number of nitrogens with zero attached hydrogens (tertiary/aromatic N) is 2. The summed E-state index contributed by atoms with van der Waals surface area (Å²) in [6.07, 6.45) is 2.06. The van der Waals surface area contributed by atoms with Gasteiger partial charge >= 0.3 is 0 Å². The summed E-state index contributed by atoms with van der Waals surface area (Å²) < 4.78 is 14.6. The van der Waals surface area contributed by atoms with Gasteiger partial charge in [-0.05, 0) is 52.4 Å². The molecule has 1 fully saturated rings. The minimum atomic E-state index is -0.445. The van der Waals surface area contributed by atoms with Crippen molar-refractivity contribution in [1.82, 2.24) is 20.4 Å². The Hall–Kier alpha value is -1.93. The molecule has 6 nitrogen and oxygen atoms in total. The Morgan fingerprint density at radius 2 is 1.91 bits per heavy atom. The minimum absolute atomic E-state index is 0.00965. The van der Waals surface area contributed by atoms with E-state index in [4.69, 9.17) is 5.41 Å². The number of allylic oxidation sites excluding steroid dienone is 1. The molecular weight excluding hydrogens is 473 g/mol. The maximum absolute atomic E-state index is 14.2. The van der Waals surface area contributed by atoms with Crippen molar-refractivity contribution in [2.24, 2.45) is 5.92 Å². The summed E-state index contributed by atoms with van der Waals surface area (Å²) in [6, 6.07) is 5.16. The van der Waals surface area contributed by atoms with E-state index in [1.807, 2.05) is 31.9 Å². The van der Waals surface area contributed by atoms with E-state index in [2.05, 4.69) is 38.4 Å². The number of halogens is 2. The molecule has 8 heteroatoms. The second-order valence-electron chi connectivity index (χ2n) is 9.03. The van der Waals surface area contributed by atoms with Crippen molar-refractivity contribution >= 4 is 27.7 Å². The first-order chi connectivity index (χ1) is 15.2. The van der Waals surface area contributed by atoms with E-state index in [1.165, 1.54) is 6.07 Å². The lowest BCUT2D eigenvalue weighted by molar-refractivity contribution is -0.134. The van der Waals surface area contributed by atoms with Crippen LogP contribution in [0.2, 0.25) is 0 Å². The first kappa shape index (κ1) is 24.7. The zero-order chi connectivity index (χ0) is 23.4. The molecule has 32 heavy (non-hydrogen) atoms. The molecule has 0 saturated carbocycles. The summed E-state index contributed by atoms with van der Waals surface area (Å²) in [5.74, 6) is 0.167. The highest BCUT2D eigenvalue weighted by atomic mass is 79.9. The third-order valence-electron chi connectivity index (χ3n) is 6.48. The Labute approximate surface area is 199 Å². The van der Waals surface area contributed by atoms with Crippen LogP contribution in [0.3, 0.4) is 0 Å². The number of piperazine rings is 1. The third kappa shape index (κ3) is 5.52. The SMILES string of the molecule is CNC1=C(C(=N)N2CCN(C(=O)C(CNC(C)C)c3ccc(Br)c(F)c3)CC2)[C@H](C)CC1. The van der Waals surface area contributed by atoms with Gasteiger partial charge in [0, 0.05) is 57.1 Å². The van der Waals surface area contributed by atoms with Crippen LogP contribution in [0.25, 0.3) is 0 Å². The molecule has 1 saturated heterocycles. The van der Waals surface area contributed by atoms with E-state index in [9.17, 15) is 9.18 Å². The monoisotopic (exact) mass is 507 g/mol. The predicted molar refractivity (Wildman–Crippen MR) is 130 cm³/mol. The summed E-state index contributed by atoms with van der Waals surface area (Å²) in [7, 11) is 1.92. The lowest BCUT2D eigenvalue weighted by Gasteiger charge is -2.38. The van der Waals surface area contributed by atoms with Gasteiger partial charge in [0.2, 0.25) is 5.91 Å². The number of rotatable bonds is 7. The molecule has 0 radical (unpaired) electrons. The zero-order valence-corrected chi connectivity index (χ0v) is 21.1. The molecule has 2 atom stereocenters. The van der Waals surface area contributed by atoms with Crippen LogP contribution in [0.4, 0.5) is 4.39 Å². The summed E-state index contributed by atoms with van der Waals surface area (Å²) in [4.78, 5) is 17.4. The molecule has 1 amide bonds. The molecule has 2 aliphatic rings. The highest BCUT2D eigenvalue weighted by Crippen LogP contribution is 2.32. The molecule has 1 heterocycles. The van der Waals surface area contributed by atoms with Gasteiger partial charge in [-0.3, -0.25) is 10.2 Å². The average Bonchev–Trinajstić information content (AvgIpc) is 3.16. The van der Waals surface area contributed by atoms with Gasteiger partial charge in [0.25, 0.3) is 0 Å². The molecule has 1 aromatic carbocycles. The van der Waals surface area contributed by atoms with Gasteiger partial charge in [-0.25, -0.2) is 4.39 Å². The standard InChI is InChI=1S/C24H35BrFN5O/c1-15(2)29-14-18(17-6-7-19(25)20(26)13-17)24(32)31-11-9-30(10-12-31)23(27)22-16(3)5-8-21(22)28-4/h6-7,13,15-16,18,27-29H,5,8-12,14H2,1-4H3/t16-,18?/m1/s1. The van der Waals surface area contributed by atoms with Gasteiger partial charge in [0.05, 0.1) is 10.4 Å². The highest BCUT2D eigenvalue weighted by molar-refractivity contribution is 9.10. The Kier molecular flexibility index (Phi) is 8.33. The highest BCUT2D eigenvalue weighted by Gasteiger charge is 2.32. The number of amidine groups is 1. The predicted octanol–water partition coefficient (Wildman–Crippen LogP) is 3.69. The fraction of sp³-hybridized carbons (Fsp3) is 0.583. The Morgan fingerprint density at radius 1 is 1.25 bits per heavy atom. The molecule has 1 aliphatic carbocycles. The van der Waals surface area contributed by atoms with E-state index in [0.717, 1.165) is 24.1 Å². The second kappa shape index (κ2) is 10.8. The van der Waals surface area contributed by atoms with Gasteiger partial charge < -0.3 is 20.4 Å². The fourth-order valence-electron chi connectivity index (χ4n) is 4.54. The second-order valence-corrected chi connectivity index (χ2v) is 9.89. The van der Waals surface area contributed by atoms with Crippen LogP contribution < -0.4 is 10.6 Å². The summed E-state index contributed by atoms with van der Waals surface area (Å²) >= 11 is 3.20. The number of carbonyl (C=O) groups excluding carboxylic acids is 1.